The Labute approximate surface area is 167 Å². The molecule has 4 aromatic rings. The number of nitrogens with one attached hydrogen (secondary N) is 1. The van der Waals surface area contributed by atoms with Gasteiger partial charge in [0.25, 0.3) is 0 Å². The number of carbonyl (C=O) groups is 1. The molecule has 9 heteroatoms. The van der Waals surface area contributed by atoms with E-state index >= 15 is 0 Å². The van der Waals surface area contributed by atoms with Gasteiger partial charge < -0.3 is 10.4 Å². The lowest BCUT2D eigenvalue weighted by Crippen LogP contribution is -2.13. The smallest absolute Gasteiger partial charge is 0.451 e. The van der Waals surface area contributed by atoms with Gasteiger partial charge in [0.2, 0.25) is 11.6 Å². The molecular formula is C21H11F3N4O2. The second-order valence-electron chi connectivity index (χ2n) is 6.73. The molecular weight excluding hydrogens is 397 g/mol. The standard InChI is InChI=1S/C21H11F3N4O2/c22-21(23,24)20-26-8-14-17-13-7-11(27-10-1-4-12(29)5-2-10)3-6-16(13)25-9-15(17)19(30)18(14)28-20/h1-9,27,29H. The van der Waals surface area contributed by atoms with E-state index in [-0.39, 0.29) is 22.6 Å². The Morgan fingerprint density at radius 2 is 1.60 bits per heavy atom. The van der Waals surface area contributed by atoms with Gasteiger partial charge in [-0.05, 0) is 42.5 Å². The Morgan fingerprint density at radius 3 is 2.33 bits per heavy atom. The first-order chi connectivity index (χ1) is 14.3. The zero-order chi connectivity index (χ0) is 21.0. The molecule has 0 atom stereocenters. The molecule has 1 aliphatic rings. The number of carbonyl (C=O) groups excluding carboxylic acids is 1. The molecule has 0 aliphatic heterocycles. The normalized spacial score (nSPS) is 12.7. The summed E-state index contributed by atoms with van der Waals surface area (Å²) in [4.78, 5) is 23.8. The summed E-state index contributed by atoms with van der Waals surface area (Å²) in [5.74, 6) is -1.83. The number of anilines is 2. The summed E-state index contributed by atoms with van der Waals surface area (Å²) < 4.78 is 38.9. The first kappa shape index (κ1) is 18.0. The van der Waals surface area contributed by atoms with E-state index in [1.807, 2.05) is 0 Å². The Bertz CT molecular complexity index is 1330. The van der Waals surface area contributed by atoms with Gasteiger partial charge in [0, 0.05) is 40.3 Å². The van der Waals surface area contributed by atoms with Crippen LogP contribution in [-0.2, 0) is 6.18 Å². The number of phenols is 1. The Kier molecular flexibility index (Phi) is 3.76. The number of aromatic nitrogens is 3. The molecule has 0 radical (unpaired) electrons. The molecule has 0 bridgehead atoms. The molecule has 2 heterocycles. The topological polar surface area (TPSA) is 88.0 Å². The Hall–Kier alpha value is -4.01. The van der Waals surface area contributed by atoms with Gasteiger partial charge in [-0.3, -0.25) is 9.78 Å². The summed E-state index contributed by atoms with van der Waals surface area (Å²) in [6.07, 6.45) is -2.36. The van der Waals surface area contributed by atoms with Crippen LogP contribution in [0.2, 0.25) is 0 Å². The maximum absolute atomic E-state index is 13.0. The molecule has 30 heavy (non-hydrogen) atoms. The molecule has 1 aliphatic carbocycles. The lowest BCUT2D eigenvalue weighted by molar-refractivity contribution is -0.145. The van der Waals surface area contributed by atoms with Crippen LogP contribution in [0.3, 0.4) is 0 Å². The molecule has 2 aromatic carbocycles. The van der Waals surface area contributed by atoms with Crippen molar-refractivity contribution < 1.29 is 23.1 Å². The van der Waals surface area contributed by atoms with E-state index in [1.54, 1.807) is 30.3 Å². The highest BCUT2D eigenvalue weighted by molar-refractivity contribution is 6.24. The first-order valence-electron chi connectivity index (χ1n) is 8.79. The van der Waals surface area contributed by atoms with Crippen molar-refractivity contribution in [3.05, 3.63) is 71.9 Å². The van der Waals surface area contributed by atoms with Gasteiger partial charge in [0.1, 0.15) is 11.4 Å². The van der Waals surface area contributed by atoms with Crippen molar-refractivity contribution in [1.29, 1.82) is 0 Å². The van der Waals surface area contributed by atoms with Gasteiger partial charge >= 0.3 is 6.18 Å². The summed E-state index contributed by atoms with van der Waals surface area (Å²) in [7, 11) is 0. The van der Waals surface area contributed by atoms with Gasteiger partial charge in [-0.25, -0.2) is 9.97 Å². The fourth-order valence-corrected chi connectivity index (χ4v) is 3.45. The summed E-state index contributed by atoms with van der Waals surface area (Å²) in [6, 6.07) is 11.7. The van der Waals surface area contributed by atoms with E-state index in [4.69, 9.17) is 0 Å². The molecule has 0 unspecified atom stereocenters. The highest BCUT2D eigenvalue weighted by atomic mass is 19.4. The van der Waals surface area contributed by atoms with Crippen molar-refractivity contribution in [2.24, 2.45) is 0 Å². The fourth-order valence-electron chi connectivity index (χ4n) is 3.45. The van der Waals surface area contributed by atoms with Crippen molar-refractivity contribution in [3.8, 4) is 16.9 Å². The van der Waals surface area contributed by atoms with Crippen LogP contribution in [0.4, 0.5) is 24.5 Å². The number of alkyl halides is 3. The fraction of sp³-hybridized carbons (Fsp3) is 0.0476. The molecule has 0 saturated heterocycles. The maximum atomic E-state index is 13.0. The minimum absolute atomic E-state index is 0.134. The summed E-state index contributed by atoms with van der Waals surface area (Å²) in [5, 5.41) is 13.2. The van der Waals surface area contributed by atoms with Gasteiger partial charge in [0.15, 0.2) is 0 Å². The van der Waals surface area contributed by atoms with Crippen LogP contribution >= 0.6 is 0 Å². The number of hydrogen-bond acceptors (Lipinski definition) is 6. The summed E-state index contributed by atoms with van der Waals surface area (Å²) >= 11 is 0. The number of hydrogen-bond donors (Lipinski definition) is 2. The minimum atomic E-state index is -4.74. The van der Waals surface area contributed by atoms with Gasteiger partial charge in [-0.15, -0.1) is 0 Å². The van der Waals surface area contributed by atoms with Crippen molar-refractivity contribution >= 4 is 28.1 Å². The van der Waals surface area contributed by atoms with Crippen molar-refractivity contribution in [1.82, 2.24) is 15.0 Å². The van der Waals surface area contributed by atoms with Crippen LogP contribution in [0, 0.1) is 0 Å². The van der Waals surface area contributed by atoms with Crippen molar-refractivity contribution in [3.63, 3.8) is 0 Å². The van der Waals surface area contributed by atoms with E-state index in [1.165, 1.54) is 18.3 Å². The monoisotopic (exact) mass is 408 g/mol. The molecule has 0 saturated carbocycles. The third-order valence-electron chi connectivity index (χ3n) is 4.80. The maximum Gasteiger partial charge on any atom is 0.451 e. The average molecular weight is 408 g/mol. The molecule has 2 N–H and O–H groups in total. The van der Waals surface area contributed by atoms with Gasteiger partial charge in [-0.1, -0.05) is 0 Å². The number of ketones is 1. The van der Waals surface area contributed by atoms with Crippen molar-refractivity contribution in [2.45, 2.75) is 6.18 Å². The second-order valence-corrected chi connectivity index (χ2v) is 6.73. The molecule has 6 nitrogen and oxygen atoms in total. The quantitative estimate of drug-likeness (QED) is 0.412. The van der Waals surface area contributed by atoms with Crippen molar-refractivity contribution in [2.75, 3.05) is 5.32 Å². The number of aromatic hydroxyl groups is 1. The Balaban J connectivity index is 1.65. The molecule has 0 fully saturated rings. The second kappa shape index (κ2) is 6.24. The minimum Gasteiger partial charge on any atom is -0.508 e. The van der Waals surface area contributed by atoms with Crippen LogP contribution in [-0.4, -0.2) is 25.8 Å². The van der Waals surface area contributed by atoms with Crippen LogP contribution in [0.15, 0.2) is 54.9 Å². The first-order valence-corrected chi connectivity index (χ1v) is 8.79. The van der Waals surface area contributed by atoms with Crippen LogP contribution < -0.4 is 5.32 Å². The Morgan fingerprint density at radius 1 is 0.900 bits per heavy atom. The third-order valence-corrected chi connectivity index (χ3v) is 4.80. The number of rotatable bonds is 2. The van der Waals surface area contributed by atoms with Gasteiger partial charge in [-0.2, -0.15) is 13.2 Å². The van der Waals surface area contributed by atoms with E-state index in [0.717, 1.165) is 11.9 Å². The molecule has 148 valence electrons. The molecule has 0 spiro atoms. The summed E-state index contributed by atoms with van der Waals surface area (Å²) in [5.41, 5.74) is 2.59. The highest BCUT2D eigenvalue weighted by Crippen LogP contribution is 2.41. The zero-order valence-electron chi connectivity index (χ0n) is 15.0. The van der Waals surface area contributed by atoms with Crippen LogP contribution in [0.25, 0.3) is 22.0 Å². The lowest BCUT2D eigenvalue weighted by Gasteiger charge is -2.10. The number of phenolic OH excluding ortho intramolecular Hbond substituents is 1. The number of benzene rings is 2. The SMILES string of the molecule is O=C1c2cnc3ccc(Nc4ccc(O)cc4)cc3c2-c2cnc(C(F)(F)F)nc21. The highest BCUT2D eigenvalue weighted by Gasteiger charge is 2.38. The summed E-state index contributed by atoms with van der Waals surface area (Å²) in [6.45, 7) is 0. The zero-order valence-corrected chi connectivity index (χ0v) is 15.0. The number of nitrogens with zero attached hydrogens (tertiary/aromatic N) is 3. The predicted molar refractivity (Wildman–Crippen MR) is 103 cm³/mol. The third kappa shape index (κ3) is 2.83. The molecule has 0 amide bonds. The molecule has 5 rings (SSSR count). The van der Waals surface area contributed by atoms with E-state index in [9.17, 15) is 23.1 Å². The van der Waals surface area contributed by atoms with Gasteiger partial charge in [0.05, 0.1) is 11.1 Å². The number of fused-ring (bicyclic) bond motifs is 5. The molecule has 2 aromatic heterocycles. The lowest BCUT2D eigenvalue weighted by atomic mass is 10.0. The van der Waals surface area contributed by atoms with Crippen LogP contribution in [0.5, 0.6) is 5.75 Å². The number of pyridine rings is 1. The number of halogens is 3. The average Bonchev–Trinajstić information content (AvgIpc) is 3.01. The van der Waals surface area contributed by atoms with E-state index in [2.05, 4.69) is 20.3 Å². The van der Waals surface area contributed by atoms with E-state index in [0.29, 0.717) is 22.2 Å². The predicted octanol–water partition coefficient (Wildman–Crippen LogP) is 4.70. The largest absolute Gasteiger partial charge is 0.508 e. The van der Waals surface area contributed by atoms with E-state index < -0.39 is 17.8 Å². The van der Waals surface area contributed by atoms with Crippen LogP contribution in [0.1, 0.15) is 21.9 Å².